The van der Waals surface area contributed by atoms with E-state index in [0.29, 0.717) is 0 Å². The lowest BCUT2D eigenvalue weighted by molar-refractivity contribution is 0.549. The van der Waals surface area contributed by atoms with Gasteiger partial charge in [0.2, 0.25) is 0 Å². The third-order valence-electron chi connectivity index (χ3n) is 2.81. The normalized spacial score (nSPS) is 24.8. The van der Waals surface area contributed by atoms with Gasteiger partial charge in [-0.15, -0.1) is 0 Å². The molecule has 1 aliphatic heterocycles. The Labute approximate surface area is 84.7 Å². The molecule has 0 atom stereocenters. The summed E-state index contributed by atoms with van der Waals surface area (Å²) in [5.41, 5.74) is 0. The second-order valence-corrected chi connectivity index (χ2v) is 4.75. The van der Waals surface area contributed by atoms with Crippen molar-refractivity contribution in [2.45, 2.75) is 38.5 Å². The van der Waals surface area contributed by atoms with Crippen molar-refractivity contribution in [2.75, 3.05) is 0 Å². The average Bonchev–Trinajstić information content (AvgIpc) is 2.47. The molecule has 2 heteroatoms. The SMILES string of the molecule is C1=CSC(C2CCCCCC2)=C[N]1. The number of hydrogen-bond acceptors (Lipinski definition) is 1. The molecular formula is C11H16NS. The summed E-state index contributed by atoms with van der Waals surface area (Å²) in [6.07, 6.45) is 12.4. The van der Waals surface area contributed by atoms with E-state index < -0.39 is 0 Å². The van der Waals surface area contributed by atoms with Gasteiger partial charge in [-0.2, -0.15) is 0 Å². The Morgan fingerprint density at radius 3 is 2.54 bits per heavy atom. The van der Waals surface area contributed by atoms with E-state index in [1.165, 1.54) is 43.4 Å². The summed E-state index contributed by atoms with van der Waals surface area (Å²) in [6.45, 7) is 0. The van der Waals surface area contributed by atoms with Crippen molar-refractivity contribution in [3.8, 4) is 0 Å². The molecule has 0 aromatic carbocycles. The fraction of sp³-hybridized carbons (Fsp3) is 0.636. The zero-order valence-electron chi connectivity index (χ0n) is 7.91. The lowest BCUT2D eigenvalue weighted by atomic mass is 10.0. The van der Waals surface area contributed by atoms with Crippen LogP contribution in [0.1, 0.15) is 38.5 Å². The highest BCUT2D eigenvalue weighted by Gasteiger charge is 2.17. The summed E-state index contributed by atoms with van der Waals surface area (Å²) in [5.74, 6) is 0.807. The predicted molar refractivity (Wildman–Crippen MR) is 58.1 cm³/mol. The van der Waals surface area contributed by atoms with E-state index in [2.05, 4.69) is 16.9 Å². The Morgan fingerprint density at radius 2 is 1.92 bits per heavy atom. The zero-order valence-corrected chi connectivity index (χ0v) is 8.72. The molecule has 0 bridgehead atoms. The van der Waals surface area contributed by atoms with Crippen LogP contribution < -0.4 is 5.32 Å². The molecule has 1 heterocycles. The highest BCUT2D eigenvalue weighted by molar-refractivity contribution is 8.05. The second kappa shape index (κ2) is 4.75. The van der Waals surface area contributed by atoms with E-state index in [0.717, 1.165) is 5.92 Å². The summed E-state index contributed by atoms with van der Waals surface area (Å²) < 4.78 is 0. The summed E-state index contributed by atoms with van der Waals surface area (Å²) in [4.78, 5) is 1.49. The Balaban J connectivity index is 1.93. The van der Waals surface area contributed by atoms with Gasteiger partial charge in [0.15, 0.2) is 0 Å². The van der Waals surface area contributed by atoms with Crippen molar-refractivity contribution < 1.29 is 0 Å². The lowest BCUT2D eigenvalue weighted by Gasteiger charge is -2.17. The number of nitrogens with zero attached hydrogens (tertiary/aromatic N) is 1. The van der Waals surface area contributed by atoms with E-state index in [1.807, 2.05) is 18.0 Å². The standard InChI is InChI=1S/C11H16NS/c1-2-4-6-10(5-3-1)11-9-12-7-8-13-11/h7-10H,1-6H2. The van der Waals surface area contributed by atoms with Crippen LogP contribution in [0.2, 0.25) is 0 Å². The maximum Gasteiger partial charge on any atom is 0.0369 e. The molecule has 0 unspecified atom stereocenters. The van der Waals surface area contributed by atoms with E-state index in [9.17, 15) is 0 Å². The quantitative estimate of drug-likeness (QED) is 0.581. The van der Waals surface area contributed by atoms with Crippen molar-refractivity contribution in [3.05, 3.63) is 22.7 Å². The van der Waals surface area contributed by atoms with Crippen LogP contribution in [-0.4, -0.2) is 0 Å². The highest BCUT2D eigenvalue weighted by Crippen LogP contribution is 2.36. The van der Waals surface area contributed by atoms with Crippen molar-refractivity contribution in [2.24, 2.45) is 5.92 Å². The summed E-state index contributed by atoms with van der Waals surface area (Å²) in [7, 11) is 0. The van der Waals surface area contributed by atoms with Gasteiger partial charge < -0.3 is 0 Å². The third-order valence-corrected chi connectivity index (χ3v) is 3.78. The van der Waals surface area contributed by atoms with Gasteiger partial charge >= 0.3 is 0 Å². The van der Waals surface area contributed by atoms with Crippen LogP contribution in [0.5, 0.6) is 0 Å². The first-order valence-electron chi connectivity index (χ1n) is 5.18. The van der Waals surface area contributed by atoms with Crippen LogP contribution in [0, 0.1) is 5.92 Å². The third kappa shape index (κ3) is 2.53. The average molecular weight is 194 g/mol. The smallest absolute Gasteiger partial charge is 0.0369 e. The molecule has 0 aromatic heterocycles. The minimum atomic E-state index is 0.807. The number of allylic oxidation sites excluding steroid dienone is 1. The topological polar surface area (TPSA) is 14.1 Å². The Kier molecular flexibility index (Phi) is 3.36. The Bertz CT molecular complexity index is 212. The number of rotatable bonds is 1. The Hall–Kier alpha value is -0.370. The van der Waals surface area contributed by atoms with Crippen LogP contribution in [0.3, 0.4) is 0 Å². The first-order chi connectivity index (χ1) is 6.47. The fourth-order valence-corrected chi connectivity index (χ4v) is 2.89. The van der Waals surface area contributed by atoms with Gasteiger partial charge in [-0.05, 0) is 24.2 Å². The van der Waals surface area contributed by atoms with E-state index in [4.69, 9.17) is 0 Å². The summed E-state index contributed by atoms with van der Waals surface area (Å²) in [5, 5.41) is 6.30. The molecule has 0 aromatic rings. The van der Waals surface area contributed by atoms with Crippen LogP contribution in [-0.2, 0) is 0 Å². The van der Waals surface area contributed by atoms with E-state index >= 15 is 0 Å². The van der Waals surface area contributed by atoms with Crippen molar-refractivity contribution >= 4 is 11.8 Å². The minimum absolute atomic E-state index is 0.807. The fourth-order valence-electron chi connectivity index (χ4n) is 2.06. The van der Waals surface area contributed by atoms with Gasteiger partial charge in [0.05, 0.1) is 0 Å². The second-order valence-electron chi connectivity index (χ2n) is 3.77. The first kappa shape index (κ1) is 9.20. The van der Waals surface area contributed by atoms with Gasteiger partial charge in [0.1, 0.15) is 0 Å². The molecule has 0 spiro atoms. The van der Waals surface area contributed by atoms with Gasteiger partial charge in [-0.3, -0.25) is 5.32 Å². The van der Waals surface area contributed by atoms with Crippen LogP contribution in [0.15, 0.2) is 22.7 Å². The number of thioether (sulfide) groups is 1. The molecule has 1 saturated carbocycles. The Morgan fingerprint density at radius 1 is 1.15 bits per heavy atom. The lowest BCUT2D eigenvalue weighted by Crippen LogP contribution is -2.03. The van der Waals surface area contributed by atoms with Crippen LogP contribution in [0.25, 0.3) is 0 Å². The molecule has 0 saturated heterocycles. The monoisotopic (exact) mass is 194 g/mol. The molecule has 2 aliphatic rings. The molecule has 71 valence electrons. The summed E-state index contributed by atoms with van der Waals surface area (Å²) in [6, 6.07) is 0. The maximum absolute atomic E-state index is 4.20. The van der Waals surface area contributed by atoms with Crippen LogP contribution >= 0.6 is 11.8 Å². The van der Waals surface area contributed by atoms with Crippen molar-refractivity contribution in [1.82, 2.24) is 5.32 Å². The molecule has 1 radical (unpaired) electrons. The molecular weight excluding hydrogens is 178 g/mol. The zero-order chi connectivity index (χ0) is 8.93. The van der Waals surface area contributed by atoms with Gasteiger partial charge in [-0.1, -0.05) is 37.4 Å². The first-order valence-corrected chi connectivity index (χ1v) is 6.06. The van der Waals surface area contributed by atoms with E-state index in [-0.39, 0.29) is 0 Å². The molecule has 13 heavy (non-hydrogen) atoms. The van der Waals surface area contributed by atoms with Gasteiger partial charge in [0, 0.05) is 17.3 Å². The van der Waals surface area contributed by atoms with E-state index in [1.54, 1.807) is 0 Å². The molecule has 2 rings (SSSR count). The molecule has 1 fully saturated rings. The van der Waals surface area contributed by atoms with Gasteiger partial charge in [0.25, 0.3) is 0 Å². The molecule has 1 nitrogen and oxygen atoms in total. The predicted octanol–water partition coefficient (Wildman–Crippen LogP) is 3.62. The highest BCUT2D eigenvalue weighted by atomic mass is 32.2. The molecule has 1 aliphatic carbocycles. The largest absolute Gasteiger partial charge is 0.263 e. The molecule has 0 amide bonds. The van der Waals surface area contributed by atoms with Gasteiger partial charge in [-0.25, -0.2) is 0 Å². The summed E-state index contributed by atoms with van der Waals surface area (Å²) >= 11 is 1.87. The maximum atomic E-state index is 4.20. The van der Waals surface area contributed by atoms with Crippen molar-refractivity contribution in [3.63, 3.8) is 0 Å². The van der Waals surface area contributed by atoms with Crippen molar-refractivity contribution in [1.29, 1.82) is 0 Å². The minimum Gasteiger partial charge on any atom is -0.263 e. The molecule has 0 N–H and O–H groups in total. The number of hydrogen-bond donors (Lipinski definition) is 0. The van der Waals surface area contributed by atoms with Crippen LogP contribution in [0.4, 0.5) is 0 Å².